The van der Waals surface area contributed by atoms with Gasteiger partial charge in [0, 0.05) is 6.54 Å². The van der Waals surface area contributed by atoms with Crippen LogP contribution >= 0.6 is 23.7 Å². The Morgan fingerprint density at radius 3 is 2.50 bits per heavy atom. The monoisotopic (exact) mass is 443 g/mol. The van der Waals surface area contributed by atoms with Gasteiger partial charge in [-0.1, -0.05) is 44.2 Å². The molecule has 3 aromatic rings. The zero-order valence-corrected chi connectivity index (χ0v) is 18.6. The van der Waals surface area contributed by atoms with Gasteiger partial charge in [0.25, 0.3) is 5.91 Å². The van der Waals surface area contributed by atoms with Crippen LogP contribution in [0.3, 0.4) is 0 Å². The molecule has 30 heavy (non-hydrogen) atoms. The van der Waals surface area contributed by atoms with Crippen molar-refractivity contribution in [2.24, 2.45) is 10.7 Å². The first-order valence-electron chi connectivity index (χ1n) is 9.52. The SMILES string of the molecule is CC(C)c1cccc(C(=O)NCCc2ccc(N=C(N)c3cccs3)cc2)c1O.Cl. The van der Waals surface area contributed by atoms with E-state index in [1.807, 2.05) is 61.7 Å². The molecule has 0 fully saturated rings. The Labute approximate surface area is 187 Å². The predicted molar refractivity (Wildman–Crippen MR) is 127 cm³/mol. The van der Waals surface area contributed by atoms with E-state index in [0.717, 1.165) is 21.7 Å². The lowest BCUT2D eigenvalue weighted by atomic mass is 9.99. The summed E-state index contributed by atoms with van der Waals surface area (Å²) in [5, 5.41) is 15.2. The highest BCUT2D eigenvalue weighted by Gasteiger charge is 2.15. The summed E-state index contributed by atoms with van der Waals surface area (Å²) >= 11 is 1.55. The summed E-state index contributed by atoms with van der Waals surface area (Å²) in [6, 6.07) is 16.9. The fourth-order valence-corrected chi connectivity index (χ4v) is 3.61. The minimum Gasteiger partial charge on any atom is -0.507 e. The van der Waals surface area contributed by atoms with E-state index in [0.29, 0.717) is 24.4 Å². The molecule has 3 rings (SSSR count). The van der Waals surface area contributed by atoms with Gasteiger partial charge in [0.15, 0.2) is 0 Å². The third-order valence-corrected chi connectivity index (χ3v) is 5.48. The van der Waals surface area contributed by atoms with Crippen LogP contribution in [0.1, 0.15) is 46.1 Å². The Morgan fingerprint density at radius 2 is 1.87 bits per heavy atom. The number of nitrogens with one attached hydrogen (secondary N) is 1. The van der Waals surface area contributed by atoms with Gasteiger partial charge in [-0.15, -0.1) is 23.7 Å². The summed E-state index contributed by atoms with van der Waals surface area (Å²) in [4.78, 5) is 17.8. The minimum atomic E-state index is -0.269. The summed E-state index contributed by atoms with van der Waals surface area (Å²) in [7, 11) is 0. The second-order valence-electron chi connectivity index (χ2n) is 7.04. The maximum Gasteiger partial charge on any atom is 0.255 e. The fraction of sp³-hybridized carbons (Fsp3) is 0.217. The number of nitrogens with two attached hydrogens (primary N) is 1. The molecule has 0 saturated heterocycles. The van der Waals surface area contributed by atoms with E-state index in [2.05, 4.69) is 10.3 Å². The van der Waals surface area contributed by atoms with Gasteiger partial charge in [-0.2, -0.15) is 0 Å². The zero-order chi connectivity index (χ0) is 20.8. The van der Waals surface area contributed by atoms with E-state index < -0.39 is 0 Å². The first-order valence-corrected chi connectivity index (χ1v) is 10.4. The molecule has 0 bridgehead atoms. The van der Waals surface area contributed by atoms with E-state index in [1.54, 1.807) is 23.5 Å². The third-order valence-electron chi connectivity index (χ3n) is 4.59. The van der Waals surface area contributed by atoms with Crippen molar-refractivity contribution < 1.29 is 9.90 Å². The molecule has 158 valence electrons. The number of rotatable bonds is 7. The van der Waals surface area contributed by atoms with Crippen molar-refractivity contribution in [3.63, 3.8) is 0 Å². The van der Waals surface area contributed by atoms with Gasteiger partial charge in [0.1, 0.15) is 11.6 Å². The van der Waals surface area contributed by atoms with Crippen LogP contribution in [0.2, 0.25) is 0 Å². The zero-order valence-electron chi connectivity index (χ0n) is 17.0. The number of carbonyl (C=O) groups is 1. The van der Waals surface area contributed by atoms with Crippen molar-refractivity contribution in [2.75, 3.05) is 6.54 Å². The van der Waals surface area contributed by atoms with Gasteiger partial charge >= 0.3 is 0 Å². The number of hydrogen-bond donors (Lipinski definition) is 3. The maximum atomic E-state index is 12.4. The van der Waals surface area contributed by atoms with E-state index in [-0.39, 0.29) is 30.0 Å². The lowest BCUT2D eigenvalue weighted by Gasteiger charge is -2.12. The highest BCUT2D eigenvalue weighted by Crippen LogP contribution is 2.28. The number of amidine groups is 1. The summed E-state index contributed by atoms with van der Waals surface area (Å²) < 4.78 is 0. The molecule has 0 unspecified atom stereocenters. The number of phenolic OH excluding ortho intramolecular Hbond substituents is 1. The van der Waals surface area contributed by atoms with Crippen LogP contribution in [-0.2, 0) is 6.42 Å². The quantitative estimate of drug-likeness (QED) is 0.354. The highest BCUT2D eigenvalue weighted by molar-refractivity contribution is 7.12. The first-order chi connectivity index (χ1) is 14.0. The van der Waals surface area contributed by atoms with Crippen LogP contribution in [0.25, 0.3) is 0 Å². The van der Waals surface area contributed by atoms with Crippen molar-refractivity contribution in [3.05, 3.63) is 81.5 Å². The summed E-state index contributed by atoms with van der Waals surface area (Å²) in [6.45, 7) is 4.45. The Bertz CT molecular complexity index is 1000. The van der Waals surface area contributed by atoms with Crippen molar-refractivity contribution in [3.8, 4) is 5.75 Å². The van der Waals surface area contributed by atoms with Gasteiger partial charge in [-0.05, 0) is 53.1 Å². The molecular formula is C23H26ClN3O2S. The van der Waals surface area contributed by atoms with E-state index in [9.17, 15) is 9.90 Å². The molecule has 0 aliphatic rings. The average Bonchev–Trinajstić information content (AvgIpc) is 3.24. The molecule has 4 N–H and O–H groups in total. The van der Waals surface area contributed by atoms with Crippen LogP contribution in [0.5, 0.6) is 5.75 Å². The number of halogens is 1. The van der Waals surface area contributed by atoms with Crippen LogP contribution in [0, 0.1) is 0 Å². The number of thiophene rings is 1. The van der Waals surface area contributed by atoms with E-state index in [4.69, 9.17) is 5.73 Å². The van der Waals surface area contributed by atoms with Crippen LogP contribution in [0.15, 0.2) is 65.0 Å². The molecule has 1 amide bonds. The standard InChI is InChI=1S/C23H25N3O2S.ClH/c1-15(2)18-5-3-6-19(21(18)27)23(28)25-13-12-16-8-10-17(11-9-16)26-22(24)20-7-4-14-29-20;/h3-11,14-15,27H,12-13H2,1-2H3,(H2,24,26)(H,25,28);1H. The Morgan fingerprint density at radius 1 is 1.13 bits per heavy atom. The van der Waals surface area contributed by atoms with Crippen molar-refractivity contribution in [2.45, 2.75) is 26.2 Å². The number of benzene rings is 2. The molecule has 0 aliphatic carbocycles. The number of aliphatic imine (C=N–C) groups is 1. The number of carbonyl (C=O) groups excluding carboxylic acids is 1. The number of phenols is 1. The second-order valence-corrected chi connectivity index (χ2v) is 7.99. The second kappa shape index (κ2) is 10.8. The van der Waals surface area contributed by atoms with Crippen LogP contribution < -0.4 is 11.1 Å². The number of para-hydroxylation sites is 1. The van der Waals surface area contributed by atoms with Gasteiger partial charge in [0.05, 0.1) is 16.1 Å². The largest absolute Gasteiger partial charge is 0.507 e. The predicted octanol–water partition coefficient (Wildman–Crippen LogP) is 5.01. The molecule has 5 nitrogen and oxygen atoms in total. The van der Waals surface area contributed by atoms with Gasteiger partial charge in [-0.3, -0.25) is 4.79 Å². The number of hydrogen-bond acceptors (Lipinski definition) is 4. The summed E-state index contributed by atoms with van der Waals surface area (Å²) in [5.41, 5.74) is 8.97. The third kappa shape index (κ3) is 5.84. The molecule has 0 aliphatic heterocycles. The van der Waals surface area contributed by atoms with Crippen molar-refractivity contribution in [1.29, 1.82) is 0 Å². The molecule has 1 aromatic heterocycles. The Kier molecular flexibility index (Phi) is 8.45. The highest BCUT2D eigenvalue weighted by atomic mass is 35.5. The van der Waals surface area contributed by atoms with E-state index >= 15 is 0 Å². The van der Waals surface area contributed by atoms with Gasteiger partial charge < -0.3 is 16.2 Å². The van der Waals surface area contributed by atoms with Crippen LogP contribution in [-0.4, -0.2) is 23.4 Å². The summed E-state index contributed by atoms with van der Waals surface area (Å²) in [6.07, 6.45) is 0.681. The van der Waals surface area contributed by atoms with Gasteiger partial charge in [-0.25, -0.2) is 4.99 Å². The maximum absolute atomic E-state index is 12.4. The number of aromatic hydroxyl groups is 1. The number of nitrogens with zero attached hydrogens (tertiary/aromatic N) is 1. The topological polar surface area (TPSA) is 87.7 Å². The Balaban J connectivity index is 0.00000320. The van der Waals surface area contributed by atoms with Crippen LogP contribution in [0.4, 0.5) is 5.69 Å². The smallest absolute Gasteiger partial charge is 0.255 e. The molecule has 7 heteroatoms. The van der Waals surface area contributed by atoms with Crippen molar-refractivity contribution >= 4 is 41.2 Å². The number of amides is 1. The average molecular weight is 444 g/mol. The molecule has 2 aromatic carbocycles. The van der Waals surface area contributed by atoms with E-state index in [1.165, 1.54) is 0 Å². The normalized spacial score (nSPS) is 11.2. The summed E-state index contributed by atoms with van der Waals surface area (Å²) in [5.74, 6) is 0.446. The molecule has 0 atom stereocenters. The fourth-order valence-electron chi connectivity index (χ4n) is 2.98. The lowest BCUT2D eigenvalue weighted by Crippen LogP contribution is -2.26. The molecule has 0 spiro atoms. The molecule has 1 heterocycles. The lowest BCUT2D eigenvalue weighted by molar-refractivity contribution is 0.0951. The van der Waals surface area contributed by atoms with Crippen molar-refractivity contribution in [1.82, 2.24) is 5.32 Å². The molecular weight excluding hydrogens is 418 g/mol. The first kappa shape index (κ1) is 23.4. The molecule has 0 radical (unpaired) electrons. The Hall–Kier alpha value is -2.83. The molecule has 0 saturated carbocycles. The van der Waals surface area contributed by atoms with Gasteiger partial charge in [0.2, 0.25) is 0 Å². The minimum absolute atomic E-state index is 0.